The number of carbonyl (C=O) groups excluding carboxylic acids is 3. The summed E-state index contributed by atoms with van der Waals surface area (Å²) in [6.07, 6.45) is 0. The van der Waals surface area contributed by atoms with E-state index in [4.69, 9.17) is 12.2 Å². The summed E-state index contributed by atoms with van der Waals surface area (Å²) in [5, 5.41) is 5.43. The molecule has 0 aliphatic carbocycles. The summed E-state index contributed by atoms with van der Waals surface area (Å²) in [6, 6.07) is 32.5. The summed E-state index contributed by atoms with van der Waals surface area (Å²) in [7, 11) is 0. The molecular formula is C30H26N4O3S. The molecule has 4 N–H and O–H groups in total. The molecule has 0 aliphatic heterocycles. The molecule has 0 spiro atoms. The number of hydrogen-bond donors (Lipinski definition) is 4. The van der Waals surface area contributed by atoms with Crippen LogP contribution >= 0.6 is 12.2 Å². The Morgan fingerprint density at radius 1 is 0.658 bits per heavy atom. The Bertz CT molecular complexity index is 1400. The zero-order chi connectivity index (χ0) is 26.9. The van der Waals surface area contributed by atoms with Crippen LogP contribution in [0.4, 0.5) is 5.69 Å². The van der Waals surface area contributed by atoms with E-state index in [9.17, 15) is 14.4 Å². The fourth-order valence-corrected chi connectivity index (χ4v) is 4.07. The Hall–Kier alpha value is -4.82. The quantitative estimate of drug-likeness (QED) is 0.217. The van der Waals surface area contributed by atoms with Gasteiger partial charge in [-0.3, -0.25) is 25.2 Å². The van der Waals surface area contributed by atoms with Crippen LogP contribution in [0, 0.1) is 6.92 Å². The number of aryl methyl sites for hydroxylation is 1. The molecule has 0 bridgehead atoms. The lowest BCUT2D eigenvalue weighted by molar-refractivity contribution is -0.120. The van der Waals surface area contributed by atoms with Gasteiger partial charge in [-0.15, -0.1) is 0 Å². The number of amides is 3. The minimum Gasteiger partial charge on any atom is -0.322 e. The van der Waals surface area contributed by atoms with Crippen LogP contribution in [0.15, 0.2) is 109 Å². The molecule has 0 unspecified atom stereocenters. The highest BCUT2D eigenvalue weighted by atomic mass is 32.1. The Balaban J connectivity index is 1.33. The Morgan fingerprint density at radius 2 is 1.21 bits per heavy atom. The van der Waals surface area contributed by atoms with Gasteiger partial charge in [0.1, 0.15) is 0 Å². The number of nitrogens with one attached hydrogen (secondary N) is 4. The topological polar surface area (TPSA) is 99.3 Å². The largest absolute Gasteiger partial charge is 0.322 e. The van der Waals surface area contributed by atoms with Crippen molar-refractivity contribution in [1.29, 1.82) is 0 Å². The standard InChI is InChI=1S/C30H26N4O3S/c1-20-10-8-9-15-25(20)28(36)31-24-18-16-23(17-19-24)27(35)33-34-30(38)32-29(37)26(21-11-4-2-5-12-21)22-13-6-3-7-14-22/h2-19,26H,1H3,(H,31,36)(H,33,35)(H2,32,34,37,38). The van der Waals surface area contributed by atoms with Crippen LogP contribution in [-0.2, 0) is 4.79 Å². The lowest BCUT2D eigenvalue weighted by Crippen LogP contribution is -2.49. The fourth-order valence-electron chi connectivity index (χ4n) is 3.92. The minimum atomic E-state index is -0.574. The van der Waals surface area contributed by atoms with Gasteiger partial charge in [0, 0.05) is 16.8 Å². The molecule has 0 saturated carbocycles. The smallest absolute Gasteiger partial charge is 0.269 e. The molecule has 0 aromatic heterocycles. The molecule has 8 heteroatoms. The molecule has 0 atom stereocenters. The van der Waals surface area contributed by atoms with Gasteiger partial charge in [-0.2, -0.15) is 0 Å². The molecule has 7 nitrogen and oxygen atoms in total. The van der Waals surface area contributed by atoms with E-state index in [0.29, 0.717) is 16.8 Å². The number of thiocarbonyl (C=S) groups is 1. The second-order valence-electron chi connectivity index (χ2n) is 8.50. The van der Waals surface area contributed by atoms with Crippen molar-refractivity contribution in [2.24, 2.45) is 0 Å². The first kappa shape index (κ1) is 26.2. The van der Waals surface area contributed by atoms with E-state index in [1.807, 2.05) is 79.7 Å². The molecule has 4 aromatic carbocycles. The van der Waals surface area contributed by atoms with Crippen molar-refractivity contribution in [1.82, 2.24) is 16.2 Å². The van der Waals surface area contributed by atoms with Gasteiger partial charge in [0.15, 0.2) is 5.11 Å². The van der Waals surface area contributed by atoms with E-state index in [-0.39, 0.29) is 16.9 Å². The third-order valence-electron chi connectivity index (χ3n) is 5.85. The fraction of sp³-hybridized carbons (Fsp3) is 0.0667. The van der Waals surface area contributed by atoms with Crippen LogP contribution in [0.3, 0.4) is 0 Å². The van der Waals surface area contributed by atoms with E-state index in [1.165, 1.54) is 0 Å². The van der Waals surface area contributed by atoms with E-state index in [1.54, 1.807) is 36.4 Å². The van der Waals surface area contributed by atoms with Crippen LogP contribution in [0.5, 0.6) is 0 Å². The molecule has 0 radical (unpaired) electrons. The first-order chi connectivity index (χ1) is 18.4. The average Bonchev–Trinajstić information content (AvgIpc) is 2.93. The van der Waals surface area contributed by atoms with Crippen LogP contribution in [0.1, 0.15) is 43.3 Å². The van der Waals surface area contributed by atoms with Crippen LogP contribution < -0.4 is 21.5 Å². The van der Waals surface area contributed by atoms with Crippen molar-refractivity contribution < 1.29 is 14.4 Å². The predicted molar refractivity (Wildman–Crippen MR) is 152 cm³/mol. The van der Waals surface area contributed by atoms with Crippen molar-refractivity contribution in [3.63, 3.8) is 0 Å². The maximum atomic E-state index is 13.1. The highest BCUT2D eigenvalue weighted by Gasteiger charge is 2.23. The maximum Gasteiger partial charge on any atom is 0.269 e. The van der Waals surface area contributed by atoms with Crippen molar-refractivity contribution in [2.75, 3.05) is 5.32 Å². The molecule has 0 aliphatic rings. The van der Waals surface area contributed by atoms with Crippen molar-refractivity contribution in [3.05, 3.63) is 137 Å². The Morgan fingerprint density at radius 3 is 1.79 bits per heavy atom. The Kier molecular flexibility index (Phi) is 8.58. The van der Waals surface area contributed by atoms with Gasteiger partial charge >= 0.3 is 0 Å². The number of rotatable bonds is 6. The lowest BCUT2D eigenvalue weighted by atomic mass is 9.90. The molecule has 0 saturated heterocycles. The SMILES string of the molecule is Cc1ccccc1C(=O)Nc1ccc(C(=O)NNC(=S)NC(=O)C(c2ccccc2)c2ccccc2)cc1. The van der Waals surface area contributed by atoms with E-state index < -0.39 is 11.8 Å². The molecule has 4 aromatic rings. The van der Waals surface area contributed by atoms with Gasteiger partial charge in [-0.25, -0.2) is 0 Å². The zero-order valence-corrected chi connectivity index (χ0v) is 21.4. The summed E-state index contributed by atoms with van der Waals surface area (Å²) in [6.45, 7) is 1.87. The lowest BCUT2D eigenvalue weighted by Gasteiger charge is -2.19. The molecule has 190 valence electrons. The average molecular weight is 523 g/mol. The highest BCUT2D eigenvalue weighted by molar-refractivity contribution is 7.80. The van der Waals surface area contributed by atoms with E-state index in [0.717, 1.165) is 16.7 Å². The number of hydrogen-bond acceptors (Lipinski definition) is 4. The van der Waals surface area contributed by atoms with E-state index >= 15 is 0 Å². The first-order valence-electron chi connectivity index (χ1n) is 11.9. The van der Waals surface area contributed by atoms with Gasteiger partial charge in [0.2, 0.25) is 5.91 Å². The highest BCUT2D eigenvalue weighted by Crippen LogP contribution is 2.24. The van der Waals surface area contributed by atoms with Gasteiger partial charge in [0.25, 0.3) is 11.8 Å². The summed E-state index contributed by atoms with van der Waals surface area (Å²) in [5.74, 6) is -1.59. The number of carbonyl (C=O) groups is 3. The minimum absolute atomic E-state index is 0.0395. The monoisotopic (exact) mass is 522 g/mol. The first-order valence-corrected chi connectivity index (χ1v) is 12.3. The molecule has 3 amide bonds. The number of hydrazine groups is 1. The van der Waals surface area contributed by atoms with Crippen molar-refractivity contribution >= 4 is 40.7 Å². The van der Waals surface area contributed by atoms with Gasteiger partial charge in [-0.05, 0) is 66.2 Å². The maximum absolute atomic E-state index is 13.1. The second-order valence-corrected chi connectivity index (χ2v) is 8.91. The molecule has 38 heavy (non-hydrogen) atoms. The summed E-state index contributed by atoms with van der Waals surface area (Å²) in [5.41, 5.74) is 9.04. The molecular weight excluding hydrogens is 496 g/mol. The predicted octanol–water partition coefficient (Wildman–Crippen LogP) is 4.71. The van der Waals surface area contributed by atoms with Gasteiger partial charge in [0.05, 0.1) is 5.92 Å². The third-order valence-corrected chi connectivity index (χ3v) is 6.05. The van der Waals surface area contributed by atoms with Crippen LogP contribution in [0.25, 0.3) is 0 Å². The summed E-state index contributed by atoms with van der Waals surface area (Å²) < 4.78 is 0. The van der Waals surface area contributed by atoms with E-state index in [2.05, 4.69) is 21.5 Å². The number of benzene rings is 4. The van der Waals surface area contributed by atoms with Crippen LogP contribution in [0.2, 0.25) is 0 Å². The third kappa shape index (κ3) is 6.68. The molecule has 4 rings (SSSR count). The zero-order valence-electron chi connectivity index (χ0n) is 20.6. The number of anilines is 1. The van der Waals surface area contributed by atoms with Gasteiger partial charge < -0.3 is 10.6 Å². The molecule has 0 heterocycles. The van der Waals surface area contributed by atoms with Crippen molar-refractivity contribution in [3.8, 4) is 0 Å². The Labute approximate surface area is 226 Å². The summed E-state index contributed by atoms with van der Waals surface area (Å²) >= 11 is 5.24. The van der Waals surface area contributed by atoms with Crippen LogP contribution in [-0.4, -0.2) is 22.8 Å². The molecule has 0 fully saturated rings. The summed E-state index contributed by atoms with van der Waals surface area (Å²) in [4.78, 5) is 38.2. The second kappa shape index (κ2) is 12.4. The normalized spacial score (nSPS) is 10.4. The van der Waals surface area contributed by atoms with Crippen molar-refractivity contribution in [2.45, 2.75) is 12.8 Å². The van der Waals surface area contributed by atoms with Gasteiger partial charge in [-0.1, -0.05) is 78.9 Å².